The lowest BCUT2D eigenvalue weighted by atomic mass is 9.51. The number of rotatable bonds is 2. The van der Waals surface area contributed by atoms with Gasteiger partial charge in [-0.2, -0.15) is 0 Å². The summed E-state index contributed by atoms with van der Waals surface area (Å²) in [7, 11) is 0. The first-order chi connectivity index (χ1) is 13.7. The Morgan fingerprint density at radius 1 is 0.862 bits per heavy atom. The molecule has 0 aromatic heterocycles. The highest BCUT2D eigenvalue weighted by atomic mass is 16.6. The molecule has 0 aromatic carbocycles. The number of fused-ring (bicyclic) bond motifs is 5. The predicted octanol–water partition coefficient (Wildman–Crippen LogP) is 4.12. The second-order valence-electron chi connectivity index (χ2n) is 10.1. The molecule has 4 aliphatic rings. The molecule has 0 aliphatic heterocycles. The van der Waals surface area contributed by atoms with Gasteiger partial charge in [0.05, 0.1) is 0 Å². The van der Waals surface area contributed by atoms with Gasteiger partial charge in [-0.1, -0.05) is 18.8 Å². The van der Waals surface area contributed by atoms with Crippen molar-refractivity contribution in [3.63, 3.8) is 0 Å². The molecule has 29 heavy (non-hydrogen) atoms. The zero-order valence-electron chi connectivity index (χ0n) is 17.8. The van der Waals surface area contributed by atoms with Crippen LogP contribution in [0.25, 0.3) is 0 Å². The third-order valence-corrected chi connectivity index (χ3v) is 8.95. The van der Waals surface area contributed by atoms with E-state index in [1.807, 2.05) is 0 Å². The van der Waals surface area contributed by atoms with Crippen LogP contribution >= 0.6 is 0 Å². The summed E-state index contributed by atoms with van der Waals surface area (Å²) in [4.78, 5) is 23.5. The Morgan fingerprint density at radius 2 is 1.59 bits per heavy atom. The minimum absolute atomic E-state index is 0.168. The monoisotopic (exact) mass is 396 g/mol. The average molecular weight is 397 g/mol. The average Bonchev–Trinajstić information content (AvgIpc) is 3.16. The van der Waals surface area contributed by atoms with Crippen molar-refractivity contribution in [3.05, 3.63) is 0 Å². The molecule has 156 valence electrons. The van der Waals surface area contributed by atoms with E-state index in [2.05, 4.69) is 18.8 Å². The molecule has 4 heteroatoms. The molecule has 0 heterocycles. The van der Waals surface area contributed by atoms with Crippen LogP contribution in [0.15, 0.2) is 0 Å². The van der Waals surface area contributed by atoms with E-state index in [-0.39, 0.29) is 17.4 Å². The normalized spacial score (nSPS) is 47.7. The minimum Gasteiger partial charge on any atom is -0.446 e. The van der Waals surface area contributed by atoms with Crippen molar-refractivity contribution < 1.29 is 19.1 Å². The Labute approximate surface area is 174 Å². The molecule has 0 saturated heterocycles. The summed E-state index contributed by atoms with van der Waals surface area (Å²) in [6, 6.07) is 0. The van der Waals surface area contributed by atoms with E-state index in [1.165, 1.54) is 13.8 Å². The number of esters is 2. The van der Waals surface area contributed by atoms with Gasteiger partial charge in [0.15, 0.2) is 11.2 Å². The van der Waals surface area contributed by atoms with Crippen LogP contribution in [0.5, 0.6) is 0 Å². The maximum Gasteiger partial charge on any atom is 0.304 e. The van der Waals surface area contributed by atoms with Crippen molar-refractivity contribution in [1.82, 2.24) is 0 Å². The van der Waals surface area contributed by atoms with Gasteiger partial charge in [-0.05, 0) is 68.1 Å². The van der Waals surface area contributed by atoms with Gasteiger partial charge in [-0.15, -0.1) is 12.8 Å². The van der Waals surface area contributed by atoms with E-state index in [9.17, 15) is 9.59 Å². The maximum absolute atomic E-state index is 11.8. The fourth-order valence-corrected chi connectivity index (χ4v) is 7.88. The fourth-order valence-electron chi connectivity index (χ4n) is 7.88. The number of carbonyl (C=O) groups excluding carboxylic acids is 2. The van der Waals surface area contributed by atoms with Crippen molar-refractivity contribution in [2.24, 2.45) is 35.0 Å². The quantitative estimate of drug-likeness (QED) is 0.520. The van der Waals surface area contributed by atoms with Crippen LogP contribution in [0, 0.1) is 59.7 Å². The standard InChI is InChI=1S/C25H32O4/c1-6-24(28-16(3)26)14-18-8-9-20-19(21(18)15-24)10-12-23(5)22(20)11-13-25(23,7-2)29-17(4)27/h1-2,18-22H,8-15H2,3-5H3/t18-,19-,20+,21-,22-,23-,24+,25-/m0/s1. The molecule has 0 aromatic rings. The van der Waals surface area contributed by atoms with E-state index < -0.39 is 11.2 Å². The van der Waals surface area contributed by atoms with Crippen LogP contribution in [0.3, 0.4) is 0 Å². The second kappa shape index (κ2) is 6.80. The summed E-state index contributed by atoms with van der Waals surface area (Å²) in [6.07, 6.45) is 19.5. The highest BCUT2D eigenvalue weighted by molar-refractivity contribution is 5.67. The molecule has 0 bridgehead atoms. The maximum atomic E-state index is 11.8. The van der Waals surface area contributed by atoms with Crippen LogP contribution in [0.1, 0.15) is 72.1 Å². The van der Waals surface area contributed by atoms with Crippen LogP contribution < -0.4 is 0 Å². The third kappa shape index (κ3) is 2.91. The summed E-state index contributed by atoms with van der Waals surface area (Å²) in [6.45, 7) is 5.15. The fraction of sp³-hybridized carbons (Fsp3) is 0.760. The van der Waals surface area contributed by atoms with Crippen molar-refractivity contribution in [1.29, 1.82) is 0 Å². The van der Waals surface area contributed by atoms with Crippen LogP contribution in [0.4, 0.5) is 0 Å². The second-order valence-corrected chi connectivity index (χ2v) is 10.1. The van der Waals surface area contributed by atoms with Gasteiger partial charge in [0, 0.05) is 32.1 Å². The third-order valence-electron chi connectivity index (χ3n) is 8.95. The van der Waals surface area contributed by atoms with Gasteiger partial charge >= 0.3 is 11.9 Å². The molecule has 4 saturated carbocycles. The number of hydrogen-bond donors (Lipinski definition) is 0. The molecule has 4 nitrogen and oxygen atoms in total. The van der Waals surface area contributed by atoms with Gasteiger partial charge in [0.2, 0.25) is 0 Å². The Hall–Kier alpha value is -1.94. The Bertz CT molecular complexity index is 803. The topological polar surface area (TPSA) is 52.6 Å². The lowest BCUT2D eigenvalue weighted by Crippen LogP contribution is -2.53. The molecule has 4 aliphatic carbocycles. The molecule has 0 unspecified atom stereocenters. The molecule has 4 rings (SSSR count). The van der Waals surface area contributed by atoms with E-state index in [1.54, 1.807) is 0 Å². The highest BCUT2D eigenvalue weighted by Gasteiger charge is 2.65. The Balaban J connectivity index is 1.59. The molecule has 0 spiro atoms. The first-order valence-corrected chi connectivity index (χ1v) is 11.0. The van der Waals surface area contributed by atoms with Gasteiger partial charge in [0.1, 0.15) is 0 Å². The van der Waals surface area contributed by atoms with E-state index in [4.69, 9.17) is 22.3 Å². The van der Waals surface area contributed by atoms with Crippen molar-refractivity contribution in [3.8, 4) is 24.7 Å². The smallest absolute Gasteiger partial charge is 0.304 e. The number of ether oxygens (including phenoxy) is 2. The zero-order chi connectivity index (χ0) is 21.0. The first-order valence-electron chi connectivity index (χ1n) is 11.0. The van der Waals surface area contributed by atoms with E-state index in [0.29, 0.717) is 29.6 Å². The molecule has 4 fully saturated rings. The molecular weight excluding hydrogens is 364 g/mol. The van der Waals surface area contributed by atoms with E-state index >= 15 is 0 Å². The van der Waals surface area contributed by atoms with Gasteiger partial charge in [-0.25, -0.2) is 0 Å². The number of carbonyl (C=O) groups is 2. The molecule has 0 radical (unpaired) electrons. The van der Waals surface area contributed by atoms with Crippen molar-refractivity contribution in [2.75, 3.05) is 0 Å². The zero-order valence-corrected chi connectivity index (χ0v) is 17.8. The minimum atomic E-state index is -0.776. The lowest BCUT2D eigenvalue weighted by Gasteiger charge is -2.54. The molecule has 0 amide bonds. The molecule has 0 N–H and O–H groups in total. The van der Waals surface area contributed by atoms with E-state index in [0.717, 1.165) is 51.4 Å². The summed E-state index contributed by atoms with van der Waals surface area (Å²) < 4.78 is 11.5. The lowest BCUT2D eigenvalue weighted by molar-refractivity contribution is -0.168. The van der Waals surface area contributed by atoms with Crippen molar-refractivity contribution in [2.45, 2.75) is 83.3 Å². The van der Waals surface area contributed by atoms with Gasteiger partial charge < -0.3 is 9.47 Å². The highest BCUT2D eigenvalue weighted by Crippen LogP contribution is 2.67. The summed E-state index contributed by atoms with van der Waals surface area (Å²) in [5.74, 6) is 7.83. The predicted molar refractivity (Wildman–Crippen MR) is 109 cm³/mol. The van der Waals surface area contributed by atoms with Crippen LogP contribution in [-0.4, -0.2) is 23.1 Å². The van der Waals surface area contributed by atoms with Gasteiger partial charge in [-0.3, -0.25) is 9.59 Å². The molecule has 8 atom stereocenters. The summed E-state index contributed by atoms with van der Waals surface area (Å²) in [5.41, 5.74) is -1.67. The molecular formula is C25H32O4. The van der Waals surface area contributed by atoms with Crippen molar-refractivity contribution >= 4 is 11.9 Å². The first kappa shape index (κ1) is 20.3. The Morgan fingerprint density at radius 3 is 2.21 bits per heavy atom. The number of terminal acetylenes is 2. The SMILES string of the molecule is C#C[C@@]1(OC(C)=O)C[C@@H]2CC[C@@H]3[C@H](CC[C@@]4(C)[C@H]3CC[C@]4(C#C)OC(C)=O)[C@H]2C1. The summed E-state index contributed by atoms with van der Waals surface area (Å²) >= 11 is 0. The Kier molecular flexibility index (Phi) is 4.77. The largest absolute Gasteiger partial charge is 0.446 e. The van der Waals surface area contributed by atoms with Gasteiger partial charge in [0.25, 0.3) is 0 Å². The van der Waals surface area contributed by atoms with Crippen LogP contribution in [-0.2, 0) is 19.1 Å². The summed E-state index contributed by atoms with van der Waals surface area (Å²) in [5, 5.41) is 0. The number of hydrogen-bond acceptors (Lipinski definition) is 4. The van der Waals surface area contributed by atoms with Crippen LogP contribution in [0.2, 0.25) is 0 Å².